The minimum Gasteiger partial charge on any atom is -0.350 e. The molecule has 0 bridgehead atoms. The Hall–Kier alpha value is -2.69. The number of hydrogen-bond acceptors (Lipinski definition) is 3. The van der Waals surface area contributed by atoms with Crippen LogP contribution in [0.25, 0.3) is 10.8 Å². The molecule has 5 heteroatoms. The first kappa shape index (κ1) is 23.5. The number of ketones is 1. The number of nitrogens with zero attached hydrogens (tertiary/aromatic N) is 1. The summed E-state index contributed by atoms with van der Waals surface area (Å²) < 4.78 is 0. The zero-order valence-electron chi connectivity index (χ0n) is 19.9. The van der Waals surface area contributed by atoms with Crippen molar-refractivity contribution >= 4 is 28.4 Å². The molecule has 0 aliphatic carbocycles. The molecular formula is C28H36N2O3. The second-order valence-electron chi connectivity index (χ2n) is 10.4. The molecule has 0 aromatic heterocycles. The van der Waals surface area contributed by atoms with E-state index in [1.807, 2.05) is 17.0 Å². The molecule has 5 nitrogen and oxygen atoms in total. The van der Waals surface area contributed by atoms with Crippen LogP contribution in [-0.4, -0.2) is 41.1 Å². The highest BCUT2D eigenvalue weighted by Gasteiger charge is 2.39. The smallest absolute Gasteiger partial charge is 0.222 e. The van der Waals surface area contributed by atoms with Crippen LogP contribution < -0.4 is 5.32 Å². The summed E-state index contributed by atoms with van der Waals surface area (Å²) in [4.78, 5) is 39.8. The minimum absolute atomic E-state index is 0.0269. The van der Waals surface area contributed by atoms with Crippen molar-refractivity contribution < 1.29 is 14.4 Å². The Labute approximate surface area is 196 Å². The fourth-order valence-corrected chi connectivity index (χ4v) is 5.53. The molecule has 0 spiro atoms. The highest BCUT2D eigenvalue weighted by molar-refractivity contribution is 5.86. The highest BCUT2D eigenvalue weighted by atomic mass is 16.2. The number of benzene rings is 2. The summed E-state index contributed by atoms with van der Waals surface area (Å²) in [7, 11) is 0. The van der Waals surface area contributed by atoms with Crippen molar-refractivity contribution in [3.8, 4) is 0 Å². The molecule has 2 aliphatic heterocycles. The lowest BCUT2D eigenvalue weighted by Crippen LogP contribution is -2.46. The van der Waals surface area contributed by atoms with Gasteiger partial charge in [0.25, 0.3) is 0 Å². The van der Waals surface area contributed by atoms with Crippen LogP contribution in [0.4, 0.5) is 0 Å². The lowest BCUT2D eigenvalue weighted by molar-refractivity contribution is -0.136. The van der Waals surface area contributed by atoms with E-state index in [9.17, 15) is 14.4 Å². The lowest BCUT2D eigenvalue weighted by Gasteiger charge is -2.34. The summed E-state index contributed by atoms with van der Waals surface area (Å²) in [5, 5.41) is 5.62. The summed E-state index contributed by atoms with van der Waals surface area (Å²) in [6.07, 6.45) is 5.37. The molecule has 2 aromatic carbocycles. The van der Waals surface area contributed by atoms with Gasteiger partial charge in [-0.15, -0.1) is 0 Å². The van der Waals surface area contributed by atoms with E-state index < -0.39 is 0 Å². The van der Waals surface area contributed by atoms with Gasteiger partial charge in [-0.25, -0.2) is 0 Å². The van der Waals surface area contributed by atoms with Crippen molar-refractivity contribution in [2.75, 3.05) is 13.1 Å². The number of nitrogens with one attached hydrogen (secondary N) is 1. The molecular weight excluding hydrogens is 412 g/mol. The summed E-state index contributed by atoms with van der Waals surface area (Å²) in [5.74, 6) is 0.790. The topological polar surface area (TPSA) is 66.5 Å². The fourth-order valence-electron chi connectivity index (χ4n) is 5.53. The van der Waals surface area contributed by atoms with E-state index in [0.29, 0.717) is 38.1 Å². The molecule has 2 aromatic rings. The van der Waals surface area contributed by atoms with Gasteiger partial charge < -0.3 is 10.2 Å². The van der Waals surface area contributed by atoms with E-state index in [0.717, 1.165) is 32.2 Å². The summed E-state index contributed by atoms with van der Waals surface area (Å²) in [5.41, 5.74) is 0.819. The number of carbonyl (C=O) groups is 3. The van der Waals surface area contributed by atoms with Crippen LogP contribution in [0.15, 0.2) is 42.5 Å². The molecule has 2 atom stereocenters. The van der Waals surface area contributed by atoms with Crippen molar-refractivity contribution in [3.63, 3.8) is 0 Å². The molecule has 0 radical (unpaired) electrons. The van der Waals surface area contributed by atoms with Gasteiger partial charge in [0.2, 0.25) is 11.8 Å². The number of carbonyl (C=O) groups excluding carboxylic acids is 3. The van der Waals surface area contributed by atoms with Crippen LogP contribution in [-0.2, 0) is 20.8 Å². The van der Waals surface area contributed by atoms with Crippen molar-refractivity contribution in [3.05, 3.63) is 48.0 Å². The van der Waals surface area contributed by atoms with Gasteiger partial charge in [0.1, 0.15) is 5.78 Å². The summed E-state index contributed by atoms with van der Waals surface area (Å²) in [6, 6.07) is 14.6. The predicted octanol–water partition coefficient (Wildman–Crippen LogP) is 4.67. The fraction of sp³-hybridized carbons (Fsp3) is 0.536. The zero-order valence-corrected chi connectivity index (χ0v) is 19.9. The Bertz CT molecular complexity index is 1030. The van der Waals surface area contributed by atoms with Gasteiger partial charge in [-0.3, -0.25) is 14.4 Å². The Morgan fingerprint density at radius 1 is 1.15 bits per heavy atom. The van der Waals surface area contributed by atoms with Gasteiger partial charge >= 0.3 is 0 Å². The molecule has 2 saturated heterocycles. The van der Waals surface area contributed by atoms with E-state index >= 15 is 0 Å². The molecule has 2 amide bonds. The van der Waals surface area contributed by atoms with Crippen molar-refractivity contribution in [2.24, 2.45) is 11.8 Å². The number of fused-ring (bicyclic) bond motifs is 1. The van der Waals surface area contributed by atoms with Gasteiger partial charge in [-0.1, -0.05) is 56.3 Å². The minimum atomic E-state index is -0.389. The number of Topliss-reactive ketones (excluding diaryl/α,β-unsaturated/α-hetero) is 1. The summed E-state index contributed by atoms with van der Waals surface area (Å²) in [6.45, 7) is 5.41. The first-order valence-corrected chi connectivity index (χ1v) is 12.4. The third-order valence-electron chi connectivity index (χ3n) is 7.30. The summed E-state index contributed by atoms with van der Waals surface area (Å²) >= 11 is 0. The quantitative estimate of drug-likeness (QED) is 0.638. The monoisotopic (exact) mass is 448 g/mol. The van der Waals surface area contributed by atoms with Crippen LogP contribution >= 0.6 is 0 Å². The van der Waals surface area contributed by atoms with Crippen LogP contribution in [0.3, 0.4) is 0 Å². The largest absolute Gasteiger partial charge is 0.350 e. The van der Waals surface area contributed by atoms with E-state index in [-0.39, 0.29) is 29.1 Å². The molecule has 0 unspecified atom stereocenters. The Morgan fingerprint density at radius 2 is 1.94 bits per heavy atom. The number of hydrogen-bond donors (Lipinski definition) is 1. The van der Waals surface area contributed by atoms with E-state index in [1.165, 1.54) is 16.3 Å². The van der Waals surface area contributed by atoms with Crippen LogP contribution in [0.1, 0.15) is 64.4 Å². The maximum atomic E-state index is 13.1. The van der Waals surface area contributed by atoms with Gasteiger partial charge in [0.15, 0.2) is 0 Å². The highest BCUT2D eigenvalue weighted by Crippen LogP contribution is 2.33. The van der Waals surface area contributed by atoms with Crippen molar-refractivity contribution in [1.82, 2.24) is 10.2 Å². The SMILES string of the molecule is CC(C)CC(=O)[C@H]1CCCN(C(=O)CC[C@@]2(Cc3cccc4ccccc34)CCC(=O)N2)C1. The maximum Gasteiger partial charge on any atom is 0.222 e. The van der Waals surface area contributed by atoms with Crippen LogP contribution in [0.2, 0.25) is 0 Å². The Kier molecular flexibility index (Phi) is 7.16. The molecule has 4 rings (SSSR count). The molecule has 2 heterocycles. The third kappa shape index (κ3) is 5.63. The molecule has 2 fully saturated rings. The molecule has 1 N–H and O–H groups in total. The third-order valence-corrected chi connectivity index (χ3v) is 7.30. The second kappa shape index (κ2) is 10.1. The average molecular weight is 449 g/mol. The lowest BCUT2D eigenvalue weighted by atomic mass is 9.83. The normalized spacial score (nSPS) is 23.2. The van der Waals surface area contributed by atoms with Crippen molar-refractivity contribution in [2.45, 2.75) is 70.8 Å². The molecule has 176 valence electrons. The second-order valence-corrected chi connectivity index (χ2v) is 10.4. The standard InChI is InChI=1S/C28H36N2O3/c1-20(2)17-25(31)23-10-6-16-30(19-23)27(33)13-15-28(14-12-26(32)29-28)18-22-9-5-8-21-7-3-4-11-24(21)22/h3-5,7-9,11,20,23H,6,10,12-19H2,1-2H3,(H,29,32)/t23-,28+/m0/s1. The van der Waals surface area contributed by atoms with Crippen molar-refractivity contribution in [1.29, 1.82) is 0 Å². The van der Waals surface area contributed by atoms with Gasteiger partial charge in [0.05, 0.1) is 0 Å². The van der Waals surface area contributed by atoms with Crippen LogP contribution in [0.5, 0.6) is 0 Å². The number of likely N-dealkylation sites (tertiary alicyclic amines) is 1. The zero-order chi connectivity index (χ0) is 23.4. The van der Waals surface area contributed by atoms with E-state index in [4.69, 9.17) is 0 Å². The van der Waals surface area contributed by atoms with Gasteiger partial charge in [-0.2, -0.15) is 0 Å². The number of amides is 2. The number of piperidine rings is 1. The molecule has 33 heavy (non-hydrogen) atoms. The van der Waals surface area contributed by atoms with Gasteiger partial charge in [0, 0.05) is 43.8 Å². The Balaban J connectivity index is 1.43. The Morgan fingerprint density at radius 3 is 2.70 bits per heavy atom. The van der Waals surface area contributed by atoms with Gasteiger partial charge in [-0.05, 0) is 54.4 Å². The van der Waals surface area contributed by atoms with E-state index in [1.54, 1.807) is 0 Å². The van der Waals surface area contributed by atoms with Crippen LogP contribution in [0, 0.1) is 11.8 Å². The number of rotatable bonds is 8. The van der Waals surface area contributed by atoms with E-state index in [2.05, 4.69) is 49.5 Å². The molecule has 0 saturated carbocycles. The predicted molar refractivity (Wildman–Crippen MR) is 131 cm³/mol. The average Bonchev–Trinajstić information content (AvgIpc) is 3.18. The molecule has 2 aliphatic rings. The maximum absolute atomic E-state index is 13.1. The first-order chi connectivity index (χ1) is 15.8. The first-order valence-electron chi connectivity index (χ1n) is 12.4.